The monoisotopic (exact) mass is 379 g/mol. The lowest BCUT2D eigenvalue weighted by Gasteiger charge is -2.28. The summed E-state index contributed by atoms with van der Waals surface area (Å²) in [5.41, 5.74) is 1.74. The third-order valence-electron chi connectivity index (χ3n) is 4.17. The van der Waals surface area contributed by atoms with Crippen LogP contribution < -0.4 is 10.2 Å². The Hall–Kier alpha value is -3.81. The summed E-state index contributed by atoms with van der Waals surface area (Å²) < 4.78 is 4.70. The van der Waals surface area contributed by atoms with Crippen LogP contribution in [0.1, 0.15) is 15.9 Å². The third kappa shape index (κ3) is 3.66. The smallest absolute Gasteiger partial charge is 0.340 e. The van der Waals surface area contributed by atoms with Gasteiger partial charge in [0.1, 0.15) is 0 Å². The Morgan fingerprint density at radius 3 is 2.46 bits per heavy atom. The molecule has 1 atom stereocenters. The van der Waals surface area contributed by atoms with Gasteiger partial charge in [0.05, 0.1) is 24.0 Å². The second kappa shape index (κ2) is 7.83. The average Bonchev–Trinajstić information content (AvgIpc) is 2.68. The lowest BCUT2D eigenvalue weighted by molar-refractivity contribution is -0.131. The fourth-order valence-corrected chi connectivity index (χ4v) is 2.68. The number of hydrogen-bond donors (Lipinski definition) is 1. The third-order valence-corrected chi connectivity index (χ3v) is 4.17. The lowest BCUT2D eigenvalue weighted by atomic mass is 10.1. The van der Waals surface area contributed by atoms with Crippen molar-refractivity contribution in [3.05, 3.63) is 59.7 Å². The van der Waals surface area contributed by atoms with Crippen molar-refractivity contribution in [1.82, 2.24) is 5.32 Å². The number of carbonyl (C=O) groups excluding carboxylic acids is 4. The zero-order chi connectivity index (χ0) is 20.3. The van der Waals surface area contributed by atoms with Gasteiger partial charge in [0.2, 0.25) is 5.91 Å². The average molecular weight is 379 g/mol. The minimum absolute atomic E-state index is 0.191. The summed E-state index contributed by atoms with van der Waals surface area (Å²) >= 11 is 0. The van der Waals surface area contributed by atoms with Crippen molar-refractivity contribution in [3.63, 3.8) is 0 Å². The summed E-state index contributed by atoms with van der Waals surface area (Å²) in [5, 5.41) is 2.15. The number of aryl methyl sites for hydroxylation is 1. The van der Waals surface area contributed by atoms with Gasteiger partial charge in [0.15, 0.2) is 5.92 Å². The fourth-order valence-electron chi connectivity index (χ4n) is 2.68. The van der Waals surface area contributed by atoms with Crippen LogP contribution in [0.25, 0.3) is 0 Å². The van der Waals surface area contributed by atoms with Gasteiger partial charge in [-0.15, -0.1) is 0 Å². The van der Waals surface area contributed by atoms with E-state index in [1.165, 1.54) is 13.2 Å². The first-order chi connectivity index (χ1) is 13.4. The van der Waals surface area contributed by atoms with Gasteiger partial charge < -0.3 is 4.74 Å². The first-order valence-electron chi connectivity index (χ1n) is 8.39. The van der Waals surface area contributed by atoms with Gasteiger partial charge in [-0.2, -0.15) is 0 Å². The number of imide groups is 2. The van der Waals surface area contributed by atoms with Gasteiger partial charge in [-0.3, -0.25) is 19.9 Å². The van der Waals surface area contributed by atoms with Crippen molar-refractivity contribution >= 4 is 41.4 Å². The van der Waals surface area contributed by atoms with Crippen LogP contribution in [0.15, 0.2) is 53.5 Å². The van der Waals surface area contributed by atoms with E-state index in [0.29, 0.717) is 5.69 Å². The van der Waals surface area contributed by atoms with Crippen molar-refractivity contribution in [3.8, 4) is 0 Å². The minimum atomic E-state index is -1.32. The number of barbiturate groups is 1. The van der Waals surface area contributed by atoms with Gasteiger partial charge in [-0.25, -0.2) is 14.5 Å². The molecule has 1 aliphatic rings. The number of urea groups is 1. The van der Waals surface area contributed by atoms with Crippen LogP contribution in [-0.2, 0) is 14.3 Å². The van der Waals surface area contributed by atoms with E-state index in [2.05, 4.69) is 10.3 Å². The first kappa shape index (κ1) is 19.0. The Labute approximate surface area is 160 Å². The number of carbonyl (C=O) groups is 4. The molecule has 0 saturated carbocycles. The minimum Gasteiger partial charge on any atom is -0.465 e. The molecule has 4 amide bonds. The molecular formula is C20H17N3O5. The predicted octanol–water partition coefficient (Wildman–Crippen LogP) is 2.38. The van der Waals surface area contributed by atoms with E-state index in [-0.39, 0.29) is 11.3 Å². The Bertz CT molecular complexity index is 982. The maximum Gasteiger partial charge on any atom is 0.340 e. The number of nitrogens with one attached hydrogen (secondary N) is 1. The molecule has 28 heavy (non-hydrogen) atoms. The highest BCUT2D eigenvalue weighted by Gasteiger charge is 2.40. The van der Waals surface area contributed by atoms with E-state index in [4.69, 9.17) is 4.74 Å². The predicted molar refractivity (Wildman–Crippen MR) is 102 cm³/mol. The molecule has 142 valence electrons. The molecule has 0 aromatic heterocycles. The Morgan fingerprint density at radius 2 is 1.79 bits per heavy atom. The van der Waals surface area contributed by atoms with Gasteiger partial charge in [-0.05, 0) is 31.2 Å². The number of methoxy groups -OCH3 is 1. The molecule has 1 fully saturated rings. The van der Waals surface area contributed by atoms with Gasteiger partial charge >= 0.3 is 12.0 Å². The topological polar surface area (TPSA) is 105 Å². The largest absolute Gasteiger partial charge is 0.465 e. The standard InChI is InChI=1S/C20H17N3O5/c1-12-7-9-13(10-8-12)23-18(25)15(17(24)22-20(23)27)11-21-16-6-4-3-5-14(16)19(26)28-2/h3-11,15H,1-2H3,(H,22,24,27)/t15-/m0/s1. The van der Waals surface area contributed by atoms with Gasteiger partial charge in [0.25, 0.3) is 5.91 Å². The second-order valence-corrected chi connectivity index (χ2v) is 6.07. The Balaban J connectivity index is 1.91. The highest BCUT2D eigenvalue weighted by atomic mass is 16.5. The second-order valence-electron chi connectivity index (χ2n) is 6.07. The molecule has 2 aromatic carbocycles. The van der Waals surface area contributed by atoms with Crippen LogP contribution >= 0.6 is 0 Å². The molecule has 0 radical (unpaired) electrons. The van der Waals surface area contributed by atoms with Crippen molar-refractivity contribution in [2.75, 3.05) is 12.0 Å². The molecule has 2 aromatic rings. The highest BCUT2D eigenvalue weighted by Crippen LogP contribution is 2.23. The van der Waals surface area contributed by atoms with E-state index in [9.17, 15) is 19.2 Å². The molecule has 1 saturated heterocycles. The number of anilines is 1. The summed E-state index contributed by atoms with van der Waals surface area (Å²) in [6, 6.07) is 12.3. The van der Waals surface area contributed by atoms with E-state index in [1.807, 2.05) is 6.92 Å². The normalized spacial score (nSPS) is 17.0. The lowest BCUT2D eigenvalue weighted by Crippen LogP contribution is -2.58. The molecular weight excluding hydrogens is 362 g/mol. The number of amides is 4. The molecule has 0 aliphatic carbocycles. The van der Waals surface area contributed by atoms with Crippen LogP contribution in [0.5, 0.6) is 0 Å². The number of esters is 1. The summed E-state index contributed by atoms with van der Waals surface area (Å²) in [7, 11) is 1.24. The van der Waals surface area contributed by atoms with Crippen LogP contribution in [0.2, 0.25) is 0 Å². The van der Waals surface area contributed by atoms with Crippen LogP contribution in [0, 0.1) is 12.8 Å². The zero-order valence-electron chi connectivity index (χ0n) is 15.2. The zero-order valence-corrected chi connectivity index (χ0v) is 15.2. The summed E-state index contributed by atoms with van der Waals surface area (Å²) in [6.07, 6.45) is 1.12. The number of para-hydroxylation sites is 1. The molecule has 1 N–H and O–H groups in total. The van der Waals surface area contributed by atoms with Crippen molar-refractivity contribution in [2.24, 2.45) is 10.9 Å². The van der Waals surface area contributed by atoms with Crippen molar-refractivity contribution < 1.29 is 23.9 Å². The number of rotatable bonds is 4. The quantitative estimate of drug-likeness (QED) is 0.499. The summed E-state index contributed by atoms with van der Waals surface area (Å²) in [5.74, 6) is -3.41. The number of ether oxygens (including phenoxy) is 1. The highest BCUT2D eigenvalue weighted by molar-refractivity contribution is 6.32. The molecule has 1 aliphatic heterocycles. The number of aliphatic imine (C=N–C) groups is 1. The van der Waals surface area contributed by atoms with E-state index < -0.39 is 29.7 Å². The number of hydrogen-bond acceptors (Lipinski definition) is 6. The SMILES string of the molecule is COC(=O)c1ccccc1N=C[C@H]1C(=O)NC(=O)N(c2ccc(C)cc2)C1=O. The molecule has 0 spiro atoms. The molecule has 1 heterocycles. The van der Waals surface area contributed by atoms with Crippen LogP contribution in [0.4, 0.5) is 16.2 Å². The van der Waals surface area contributed by atoms with Crippen molar-refractivity contribution in [2.45, 2.75) is 6.92 Å². The van der Waals surface area contributed by atoms with Crippen LogP contribution in [-0.4, -0.2) is 37.1 Å². The van der Waals surface area contributed by atoms with E-state index in [1.54, 1.807) is 42.5 Å². The summed E-state index contributed by atoms with van der Waals surface area (Å²) in [4.78, 5) is 54.0. The Kier molecular flexibility index (Phi) is 5.30. The van der Waals surface area contributed by atoms with Gasteiger partial charge in [0, 0.05) is 6.21 Å². The van der Waals surface area contributed by atoms with Gasteiger partial charge in [-0.1, -0.05) is 29.8 Å². The first-order valence-corrected chi connectivity index (χ1v) is 8.39. The molecule has 8 heteroatoms. The molecule has 8 nitrogen and oxygen atoms in total. The van der Waals surface area contributed by atoms with E-state index >= 15 is 0 Å². The maximum absolute atomic E-state index is 12.8. The Morgan fingerprint density at radius 1 is 1.11 bits per heavy atom. The van der Waals surface area contributed by atoms with Crippen molar-refractivity contribution in [1.29, 1.82) is 0 Å². The molecule has 0 bridgehead atoms. The van der Waals surface area contributed by atoms with E-state index in [0.717, 1.165) is 16.7 Å². The van der Waals surface area contributed by atoms with Crippen LogP contribution in [0.3, 0.4) is 0 Å². The maximum atomic E-state index is 12.8. The summed E-state index contributed by atoms with van der Waals surface area (Å²) in [6.45, 7) is 1.87. The molecule has 0 unspecified atom stereocenters. The number of nitrogens with zero attached hydrogens (tertiary/aromatic N) is 2. The number of benzene rings is 2. The molecule has 3 rings (SSSR count). The fraction of sp³-hybridized carbons (Fsp3) is 0.150.